The molecule has 0 amide bonds. The minimum Gasteiger partial charge on any atom is -0.328 e. The predicted molar refractivity (Wildman–Crippen MR) is 44.7 cm³/mol. The maximum atomic E-state index is 5.46. The molecule has 0 aliphatic rings. The SMILES string of the molecule is CCN(C)C(C)(S)CN. The summed E-state index contributed by atoms with van der Waals surface area (Å²) in [7, 11) is 2.01. The number of rotatable bonds is 3. The second kappa shape index (κ2) is 3.44. The molecule has 0 fully saturated rings. The Morgan fingerprint density at radius 2 is 2.11 bits per heavy atom. The molecule has 0 spiro atoms. The van der Waals surface area contributed by atoms with Crippen molar-refractivity contribution in [1.29, 1.82) is 0 Å². The van der Waals surface area contributed by atoms with Crippen molar-refractivity contribution in [1.82, 2.24) is 4.90 Å². The molecule has 2 N–H and O–H groups in total. The maximum absolute atomic E-state index is 5.46. The highest BCUT2D eigenvalue weighted by molar-refractivity contribution is 7.81. The zero-order chi connectivity index (χ0) is 7.49. The Balaban J connectivity index is 3.80. The van der Waals surface area contributed by atoms with Gasteiger partial charge in [0, 0.05) is 6.54 Å². The lowest BCUT2D eigenvalue weighted by Gasteiger charge is -2.32. The number of thiol groups is 1. The van der Waals surface area contributed by atoms with Crippen molar-refractivity contribution in [3.63, 3.8) is 0 Å². The van der Waals surface area contributed by atoms with Gasteiger partial charge in [-0.15, -0.1) is 0 Å². The fourth-order valence-corrected chi connectivity index (χ4v) is 0.638. The molecule has 9 heavy (non-hydrogen) atoms. The highest BCUT2D eigenvalue weighted by Crippen LogP contribution is 2.14. The molecule has 56 valence electrons. The van der Waals surface area contributed by atoms with Gasteiger partial charge < -0.3 is 5.73 Å². The molecule has 0 heterocycles. The molecule has 0 aromatic heterocycles. The van der Waals surface area contributed by atoms with Crippen molar-refractivity contribution in [3.8, 4) is 0 Å². The minimum atomic E-state index is -0.144. The van der Waals surface area contributed by atoms with E-state index in [9.17, 15) is 0 Å². The fraction of sp³-hybridized carbons (Fsp3) is 1.00. The largest absolute Gasteiger partial charge is 0.328 e. The zero-order valence-corrected chi connectivity index (χ0v) is 7.28. The van der Waals surface area contributed by atoms with Crippen LogP contribution in [0.2, 0.25) is 0 Å². The molecule has 2 nitrogen and oxygen atoms in total. The first kappa shape index (κ1) is 9.27. The molecule has 3 heteroatoms. The Labute approximate surface area is 62.8 Å². The molecule has 1 atom stereocenters. The number of nitrogens with zero attached hydrogens (tertiary/aromatic N) is 1. The lowest BCUT2D eigenvalue weighted by atomic mass is 10.3. The molecule has 0 bridgehead atoms. The Hall–Kier alpha value is 0.270. The Morgan fingerprint density at radius 3 is 2.22 bits per heavy atom. The van der Waals surface area contributed by atoms with Crippen molar-refractivity contribution in [2.75, 3.05) is 20.1 Å². The van der Waals surface area contributed by atoms with Crippen molar-refractivity contribution in [3.05, 3.63) is 0 Å². The van der Waals surface area contributed by atoms with Crippen LogP contribution < -0.4 is 5.73 Å². The summed E-state index contributed by atoms with van der Waals surface area (Å²) in [4.78, 5) is 1.96. The van der Waals surface area contributed by atoms with Crippen LogP contribution in [0.3, 0.4) is 0 Å². The summed E-state index contributed by atoms with van der Waals surface area (Å²) < 4.78 is 0. The molecule has 0 aliphatic heterocycles. The lowest BCUT2D eigenvalue weighted by molar-refractivity contribution is 0.247. The fourth-order valence-electron chi connectivity index (χ4n) is 0.496. The third-order valence-corrected chi connectivity index (χ3v) is 2.21. The van der Waals surface area contributed by atoms with Gasteiger partial charge in [0.15, 0.2) is 0 Å². The molecule has 0 aromatic carbocycles. The molecule has 0 aliphatic carbocycles. The maximum Gasteiger partial charge on any atom is 0.0733 e. The van der Waals surface area contributed by atoms with Gasteiger partial charge in [-0.3, -0.25) is 4.90 Å². The van der Waals surface area contributed by atoms with Crippen LogP contribution >= 0.6 is 12.6 Å². The average molecular weight is 148 g/mol. The third-order valence-electron chi connectivity index (χ3n) is 1.68. The molecule has 0 aromatic rings. The highest BCUT2D eigenvalue weighted by atomic mass is 32.1. The van der Waals surface area contributed by atoms with Crippen LogP contribution in [-0.2, 0) is 0 Å². The summed E-state index contributed by atoms with van der Waals surface area (Å²) in [5.41, 5.74) is 5.46. The zero-order valence-electron chi connectivity index (χ0n) is 6.39. The van der Waals surface area contributed by atoms with E-state index in [1.165, 1.54) is 0 Å². The summed E-state index contributed by atoms with van der Waals surface area (Å²) in [5.74, 6) is 0. The lowest BCUT2D eigenvalue weighted by Crippen LogP contribution is -2.44. The molecular weight excluding hydrogens is 132 g/mol. The monoisotopic (exact) mass is 148 g/mol. The van der Waals surface area contributed by atoms with Crippen LogP contribution in [0.15, 0.2) is 0 Å². The average Bonchev–Trinajstić information content (AvgIpc) is 1.86. The van der Waals surface area contributed by atoms with Crippen molar-refractivity contribution < 1.29 is 0 Å². The van der Waals surface area contributed by atoms with Crippen LogP contribution in [0.1, 0.15) is 13.8 Å². The summed E-state index contributed by atoms with van der Waals surface area (Å²) in [6.07, 6.45) is 0. The first-order valence-electron chi connectivity index (χ1n) is 3.18. The highest BCUT2D eigenvalue weighted by Gasteiger charge is 2.20. The molecular formula is C6H16N2S. The van der Waals surface area contributed by atoms with Gasteiger partial charge in [0.1, 0.15) is 0 Å². The van der Waals surface area contributed by atoms with E-state index in [0.29, 0.717) is 6.54 Å². The first-order valence-corrected chi connectivity index (χ1v) is 3.63. The quantitative estimate of drug-likeness (QED) is 0.452. The molecule has 0 radical (unpaired) electrons. The van der Waals surface area contributed by atoms with Gasteiger partial charge in [-0.2, -0.15) is 12.6 Å². The van der Waals surface area contributed by atoms with E-state index in [-0.39, 0.29) is 4.87 Å². The van der Waals surface area contributed by atoms with Crippen molar-refractivity contribution in [2.45, 2.75) is 18.7 Å². The molecule has 1 unspecified atom stereocenters. The van der Waals surface area contributed by atoms with Gasteiger partial charge in [0.25, 0.3) is 0 Å². The van der Waals surface area contributed by atoms with Gasteiger partial charge in [-0.25, -0.2) is 0 Å². The van der Waals surface area contributed by atoms with Gasteiger partial charge in [0.05, 0.1) is 4.87 Å². The van der Waals surface area contributed by atoms with E-state index >= 15 is 0 Å². The van der Waals surface area contributed by atoms with Crippen LogP contribution in [0.4, 0.5) is 0 Å². The standard InChI is InChI=1S/C6H16N2S/c1-4-8(3)6(2,9)5-7/h9H,4-5,7H2,1-3H3. The second-order valence-electron chi connectivity index (χ2n) is 2.44. The Bertz CT molecular complexity index is 83.1. The van der Waals surface area contributed by atoms with E-state index < -0.39 is 0 Å². The number of likely N-dealkylation sites (N-methyl/N-ethyl adjacent to an activating group) is 1. The Morgan fingerprint density at radius 1 is 1.67 bits per heavy atom. The van der Waals surface area contributed by atoms with Crippen LogP contribution in [0.5, 0.6) is 0 Å². The molecule has 0 saturated carbocycles. The molecule has 0 rings (SSSR count). The number of hydrogen-bond donors (Lipinski definition) is 2. The van der Waals surface area contributed by atoms with Crippen LogP contribution in [-0.4, -0.2) is 29.9 Å². The van der Waals surface area contributed by atoms with E-state index in [4.69, 9.17) is 5.73 Å². The number of nitrogens with two attached hydrogens (primary N) is 1. The summed E-state index contributed by atoms with van der Waals surface area (Å²) >= 11 is 4.36. The van der Waals surface area contributed by atoms with Gasteiger partial charge >= 0.3 is 0 Å². The van der Waals surface area contributed by atoms with Gasteiger partial charge in [0.2, 0.25) is 0 Å². The van der Waals surface area contributed by atoms with E-state index in [1.807, 2.05) is 14.0 Å². The molecule has 0 saturated heterocycles. The van der Waals surface area contributed by atoms with Crippen molar-refractivity contribution in [2.24, 2.45) is 5.73 Å². The smallest absolute Gasteiger partial charge is 0.0733 e. The van der Waals surface area contributed by atoms with E-state index in [1.54, 1.807) is 0 Å². The Kier molecular flexibility index (Phi) is 3.54. The van der Waals surface area contributed by atoms with Gasteiger partial charge in [-0.1, -0.05) is 6.92 Å². The predicted octanol–water partition coefficient (Wildman–Crippen LogP) is 0.543. The summed E-state index contributed by atoms with van der Waals surface area (Å²) in [5, 5.41) is 0. The van der Waals surface area contributed by atoms with Gasteiger partial charge in [-0.05, 0) is 20.5 Å². The van der Waals surface area contributed by atoms with E-state index in [0.717, 1.165) is 6.54 Å². The van der Waals surface area contributed by atoms with Crippen LogP contribution in [0.25, 0.3) is 0 Å². The second-order valence-corrected chi connectivity index (χ2v) is 3.40. The van der Waals surface area contributed by atoms with Crippen molar-refractivity contribution >= 4 is 12.6 Å². The van der Waals surface area contributed by atoms with Crippen LogP contribution in [0, 0.1) is 0 Å². The normalized spacial score (nSPS) is 18.0. The van der Waals surface area contributed by atoms with E-state index in [2.05, 4.69) is 24.5 Å². The third kappa shape index (κ3) is 2.56. The summed E-state index contributed by atoms with van der Waals surface area (Å²) in [6.45, 7) is 5.67. The number of hydrogen-bond acceptors (Lipinski definition) is 3. The minimum absolute atomic E-state index is 0.144. The summed E-state index contributed by atoms with van der Waals surface area (Å²) in [6, 6.07) is 0. The topological polar surface area (TPSA) is 29.3 Å². The first-order chi connectivity index (χ1) is 4.04.